The molecule has 0 aliphatic carbocycles. The van der Waals surface area contributed by atoms with Crippen LogP contribution in [0.1, 0.15) is 31.4 Å². The number of thiazole rings is 1. The number of fused-ring (bicyclic) bond motifs is 4. The van der Waals surface area contributed by atoms with Gasteiger partial charge in [-0.1, -0.05) is 0 Å². The van der Waals surface area contributed by atoms with Crippen molar-refractivity contribution in [1.82, 2.24) is 29.5 Å². The van der Waals surface area contributed by atoms with Crippen molar-refractivity contribution in [3.63, 3.8) is 0 Å². The molecule has 2 unspecified atom stereocenters. The van der Waals surface area contributed by atoms with Crippen LogP contribution in [0.2, 0.25) is 0 Å². The molecule has 0 spiro atoms. The summed E-state index contributed by atoms with van der Waals surface area (Å²) < 4.78 is 1.73. The van der Waals surface area contributed by atoms with Gasteiger partial charge in [-0.05, 0) is 19.3 Å². The van der Waals surface area contributed by atoms with E-state index in [4.69, 9.17) is 0 Å². The Morgan fingerprint density at radius 3 is 3.00 bits per heavy atom. The first kappa shape index (κ1) is 17.1. The highest BCUT2D eigenvalue weighted by Gasteiger charge is 2.41. The summed E-state index contributed by atoms with van der Waals surface area (Å²) >= 11 is 1.54. The van der Waals surface area contributed by atoms with Crippen LogP contribution in [-0.4, -0.2) is 60.5 Å². The molecule has 0 N–H and O–H groups in total. The average Bonchev–Trinajstić information content (AvgIpc) is 3.27. The van der Waals surface area contributed by atoms with E-state index in [0.717, 1.165) is 25.0 Å². The molecule has 26 heavy (non-hydrogen) atoms. The van der Waals surface area contributed by atoms with E-state index in [1.54, 1.807) is 27.9 Å². The fourth-order valence-electron chi connectivity index (χ4n) is 3.84. The van der Waals surface area contributed by atoms with Crippen LogP contribution >= 0.6 is 11.3 Å². The molecule has 5 heterocycles. The number of carbonyl (C=O) groups is 2. The zero-order valence-electron chi connectivity index (χ0n) is 14.5. The second-order valence-corrected chi connectivity index (χ2v) is 7.65. The van der Waals surface area contributed by atoms with Gasteiger partial charge in [0.25, 0.3) is 0 Å². The van der Waals surface area contributed by atoms with Crippen molar-refractivity contribution in [1.29, 1.82) is 0 Å². The van der Waals surface area contributed by atoms with Gasteiger partial charge in [0.05, 0.1) is 23.7 Å². The zero-order valence-corrected chi connectivity index (χ0v) is 15.3. The highest BCUT2D eigenvalue weighted by Crippen LogP contribution is 2.30. The molecule has 2 atom stereocenters. The molecular formula is C17H22N6O2S. The lowest BCUT2D eigenvalue weighted by Crippen LogP contribution is -2.47. The van der Waals surface area contributed by atoms with Crippen molar-refractivity contribution in [2.75, 3.05) is 13.1 Å². The summed E-state index contributed by atoms with van der Waals surface area (Å²) in [5.74, 6) is 0.226. The second kappa shape index (κ2) is 7.53. The summed E-state index contributed by atoms with van der Waals surface area (Å²) in [6, 6.07) is 0.0993. The maximum atomic E-state index is 12.8. The van der Waals surface area contributed by atoms with Crippen LogP contribution in [0, 0.1) is 5.92 Å². The predicted octanol–water partition coefficient (Wildman–Crippen LogP) is 1.16. The lowest BCUT2D eigenvalue weighted by molar-refractivity contribution is -0.140. The van der Waals surface area contributed by atoms with Crippen LogP contribution < -0.4 is 0 Å². The van der Waals surface area contributed by atoms with Crippen LogP contribution in [0.5, 0.6) is 0 Å². The number of aromatic nitrogens is 4. The Kier molecular flexibility index (Phi) is 4.96. The van der Waals surface area contributed by atoms with E-state index in [9.17, 15) is 9.59 Å². The molecule has 2 bridgehead atoms. The molecule has 2 aromatic rings. The molecule has 5 rings (SSSR count). The third-order valence-electron chi connectivity index (χ3n) is 5.21. The maximum absolute atomic E-state index is 12.8. The second-order valence-electron chi connectivity index (χ2n) is 6.93. The summed E-state index contributed by atoms with van der Waals surface area (Å²) in [6.07, 6.45) is 6.19. The highest BCUT2D eigenvalue weighted by atomic mass is 32.1. The number of aryl methyl sites for hydroxylation is 1. The lowest BCUT2D eigenvalue weighted by Gasteiger charge is -2.35. The summed E-state index contributed by atoms with van der Waals surface area (Å²) in [6.45, 7) is 2.42. The summed E-state index contributed by atoms with van der Waals surface area (Å²) in [5, 5.41) is 6.04. The smallest absolute Gasteiger partial charge is 0.228 e. The summed E-state index contributed by atoms with van der Waals surface area (Å²) in [7, 11) is 0. The Labute approximate surface area is 155 Å². The van der Waals surface area contributed by atoms with Crippen molar-refractivity contribution in [3.05, 3.63) is 29.2 Å². The molecule has 0 aromatic carbocycles. The van der Waals surface area contributed by atoms with E-state index in [2.05, 4.69) is 15.1 Å². The first-order chi connectivity index (χ1) is 12.7. The Bertz CT molecular complexity index is 747. The molecule has 138 valence electrons. The Morgan fingerprint density at radius 1 is 1.31 bits per heavy atom. The fourth-order valence-corrected chi connectivity index (χ4v) is 4.39. The summed E-state index contributed by atoms with van der Waals surface area (Å²) in [4.78, 5) is 37.5. The van der Waals surface area contributed by atoms with E-state index in [-0.39, 0.29) is 23.8 Å². The van der Waals surface area contributed by atoms with Gasteiger partial charge in [-0.25, -0.2) is 9.97 Å². The minimum Gasteiger partial charge on any atom is -0.340 e. The van der Waals surface area contributed by atoms with Crippen molar-refractivity contribution in [2.24, 2.45) is 5.92 Å². The van der Waals surface area contributed by atoms with Crippen molar-refractivity contribution < 1.29 is 9.59 Å². The molecule has 0 saturated carbocycles. The maximum Gasteiger partial charge on any atom is 0.228 e. The topological polar surface area (TPSA) is 84.2 Å². The molecule has 8 nitrogen and oxygen atoms in total. The third-order valence-corrected chi connectivity index (χ3v) is 5.84. The number of piperidine rings is 1. The van der Waals surface area contributed by atoms with E-state index in [0.29, 0.717) is 32.6 Å². The molecule has 9 heteroatoms. The third kappa shape index (κ3) is 3.62. The van der Waals surface area contributed by atoms with Gasteiger partial charge in [-0.3, -0.25) is 14.3 Å². The first-order valence-corrected chi connectivity index (χ1v) is 9.92. The number of amides is 2. The van der Waals surface area contributed by atoms with Gasteiger partial charge in [0, 0.05) is 37.5 Å². The lowest BCUT2D eigenvalue weighted by atomic mass is 9.94. The van der Waals surface area contributed by atoms with Crippen molar-refractivity contribution in [2.45, 2.75) is 44.8 Å². The van der Waals surface area contributed by atoms with Crippen LogP contribution in [0.4, 0.5) is 0 Å². The summed E-state index contributed by atoms with van der Waals surface area (Å²) in [5.41, 5.74) is 2.72. The average molecular weight is 374 g/mol. The van der Waals surface area contributed by atoms with E-state index >= 15 is 0 Å². The Hall–Kier alpha value is -2.29. The van der Waals surface area contributed by atoms with Gasteiger partial charge < -0.3 is 9.80 Å². The van der Waals surface area contributed by atoms with Crippen LogP contribution in [0.3, 0.4) is 0 Å². The van der Waals surface area contributed by atoms with Gasteiger partial charge in [0.15, 0.2) is 0 Å². The first-order valence-electron chi connectivity index (χ1n) is 8.98. The molecule has 3 saturated heterocycles. The van der Waals surface area contributed by atoms with Crippen molar-refractivity contribution in [3.8, 4) is 0 Å². The quantitative estimate of drug-likeness (QED) is 0.758. The molecule has 3 aliphatic heterocycles. The number of nitrogens with zero attached hydrogens (tertiary/aromatic N) is 6. The molecular weight excluding hydrogens is 352 g/mol. The van der Waals surface area contributed by atoms with Crippen LogP contribution in [0.25, 0.3) is 0 Å². The monoisotopic (exact) mass is 374 g/mol. The molecule has 2 amide bonds. The minimum atomic E-state index is -0.0772. The molecule has 3 aliphatic rings. The molecule has 2 aromatic heterocycles. The number of hydrogen-bond acceptors (Lipinski definition) is 6. The van der Waals surface area contributed by atoms with Gasteiger partial charge >= 0.3 is 0 Å². The normalized spacial score (nSPS) is 22.7. The highest BCUT2D eigenvalue weighted by molar-refractivity contribution is 7.07. The number of rotatable bonds is 6. The SMILES string of the molecule is O=C(CCCn1cncn1)N1CC2CCC(C1)N(Cc1cscn1)C2=O. The zero-order chi connectivity index (χ0) is 17.9. The van der Waals surface area contributed by atoms with E-state index in [1.165, 1.54) is 6.33 Å². The largest absolute Gasteiger partial charge is 0.340 e. The number of carbonyl (C=O) groups excluding carboxylic acids is 2. The standard InChI is InChI=1S/C17H22N6O2S/c24-16(2-1-5-22-11-18-10-20-22)21-6-13-3-4-15(8-21)23(17(13)25)7-14-9-26-12-19-14/h9-13,15H,1-8H2. The molecule has 3 fully saturated rings. The van der Waals surface area contributed by atoms with Crippen LogP contribution in [0.15, 0.2) is 23.5 Å². The minimum absolute atomic E-state index is 0.0772. The van der Waals surface area contributed by atoms with Gasteiger partial charge in [-0.15, -0.1) is 11.3 Å². The van der Waals surface area contributed by atoms with E-state index < -0.39 is 0 Å². The fraction of sp³-hybridized carbons (Fsp3) is 0.588. The van der Waals surface area contributed by atoms with Gasteiger partial charge in [0.1, 0.15) is 12.7 Å². The van der Waals surface area contributed by atoms with Gasteiger partial charge in [0.2, 0.25) is 11.8 Å². The predicted molar refractivity (Wildman–Crippen MR) is 95.0 cm³/mol. The van der Waals surface area contributed by atoms with E-state index in [1.807, 2.05) is 15.2 Å². The van der Waals surface area contributed by atoms with Crippen molar-refractivity contribution >= 4 is 23.2 Å². The van der Waals surface area contributed by atoms with Crippen LogP contribution in [-0.2, 0) is 22.7 Å². The number of hydrogen-bond donors (Lipinski definition) is 0. The molecule has 0 radical (unpaired) electrons. The Morgan fingerprint density at radius 2 is 2.23 bits per heavy atom. The Balaban J connectivity index is 1.37. The van der Waals surface area contributed by atoms with Gasteiger partial charge in [-0.2, -0.15) is 5.10 Å².